The summed E-state index contributed by atoms with van der Waals surface area (Å²) in [5.74, 6) is -2.31. The van der Waals surface area contributed by atoms with Gasteiger partial charge in [0.15, 0.2) is 6.29 Å². The van der Waals surface area contributed by atoms with Gasteiger partial charge in [0.05, 0.1) is 11.7 Å². The zero-order valence-electron chi connectivity index (χ0n) is 36.4. The molecule has 19 nitrogen and oxygen atoms in total. The summed E-state index contributed by atoms with van der Waals surface area (Å²) >= 11 is 2.84. The third kappa shape index (κ3) is 15.1. The molecule has 64 heavy (non-hydrogen) atoms. The number of carbonyl (C=O) groups is 6. The van der Waals surface area contributed by atoms with Gasteiger partial charge in [0.1, 0.15) is 46.9 Å². The fourth-order valence-electron chi connectivity index (χ4n) is 7.55. The third-order valence-corrected chi connectivity index (χ3v) is 13.3. The first-order chi connectivity index (χ1) is 30.7. The molecule has 10 N–H and O–H groups in total. The Labute approximate surface area is 381 Å². The SMILES string of the molecule is CN(C)CCCC[C@H](NC(=O)[C@@H]1CCCN1C(=O)[C@H](CCC(N)=O)NC(=O)OCc1ccccc1)C(=O)N[C@@H](CCCCN)C(=O)NC1C=Cc2nc(C3=N[C@@H](C(O)O)CS3)sc2C1. The van der Waals surface area contributed by atoms with E-state index in [0.29, 0.717) is 67.3 Å². The average Bonchev–Trinajstić information content (AvgIpc) is 4.06. The van der Waals surface area contributed by atoms with Crippen molar-refractivity contribution in [1.29, 1.82) is 0 Å². The minimum absolute atomic E-state index is 0.0466. The van der Waals surface area contributed by atoms with E-state index in [0.717, 1.165) is 29.1 Å². The Balaban J connectivity index is 1.25. The van der Waals surface area contributed by atoms with Crippen molar-refractivity contribution < 1.29 is 43.7 Å². The van der Waals surface area contributed by atoms with E-state index in [2.05, 4.69) is 31.2 Å². The Kier molecular flexibility index (Phi) is 19.5. The van der Waals surface area contributed by atoms with E-state index in [1.54, 1.807) is 24.3 Å². The van der Waals surface area contributed by atoms with Gasteiger partial charge >= 0.3 is 6.09 Å². The van der Waals surface area contributed by atoms with Crippen molar-refractivity contribution in [1.82, 2.24) is 36.1 Å². The number of hydrogen-bond donors (Lipinski definition) is 8. The molecular weight excluding hydrogens is 865 g/mol. The van der Waals surface area contributed by atoms with E-state index in [1.165, 1.54) is 28.0 Å². The number of nitrogens with two attached hydrogens (primary N) is 2. The van der Waals surface area contributed by atoms with Crippen LogP contribution in [-0.4, -0.2) is 148 Å². The molecule has 0 bridgehead atoms. The lowest BCUT2D eigenvalue weighted by Gasteiger charge is -2.30. The number of aliphatic imine (C=N–C) groups is 1. The Morgan fingerprint density at radius 3 is 2.38 bits per heavy atom. The fraction of sp³-hybridized carbons (Fsp3) is 0.581. The number of aromatic nitrogens is 1. The lowest BCUT2D eigenvalue weighted by molar-refractivity contribution is -0.141. The molecule has 1 aliphatic carbocycles. The molecule has 1 fully saturated rings. The Morgan fingerprint density at radius 1 is 0.953 bits per heavy atom. The van der Waals surface area contributed by atoms with Crippen LogP contribution < -0.4 is 32.7 Å². The van der Waals surface area contributed by atoms with E-state index in [-0.39, 0.29) is 32.4 Å². The van der Waals surface area contributed by atoms with Gasteiger partial charge in [-0.1, -0.05) is 36.4 Å². The number of thiazole rings is 1. The Bertz CT molecular complexity index is 1980. The Hall–Kier alpha value is -4.93. The maximum atomic E-state index is 14.2. The largest absolute Gasteiger partial charge is 0.445 e. The van der Waals surface area contributed by atoms with Crippen molar-refractivity contribution >= 4 is 69.8 Å². The van der Waals surface area contributed by atoms with E-state index in [1.807, 2.05) is 37.2 Å². The van der Waals surface area contributed by atoms with Gasteiger partial charge in [-0.05, 0) is 96.6 Å². The van der Waals surface area contributed by atoms with Crippen LogP contribution in [0.15, 0.2) is 41.4 Å². The number of hydrogen-bond acceptors (Lipinski definition) is 15. The zero-order valence-corrected chi connectivity index (χ0v) is 38.0. The maximum Gasteiger partial charge on any atom is 0.408 e. The first-order valence-corrected chi connectivity index (χ1v) is 23.6. The van der Waals surface area contributed by atoms with Crippen molar-refractivity contribution in [3.8, 4) is 0 Å². The van der Waals surface area contributed by atoms with Gasteiger partial charge in [-0.2, -0.15) is 0 Å². The second-order valence-electron chi connectivity index (χ2n) is 16.4. The number of fused-ring (bicyclic) bond motifs is 1. The van der Waals surface area contributed by atoms with Gasteiger partial charge in [0.2, 0.25) is 29.5 Å². The van der Waals surface area contributed by atoms with Crippen molar-refractivity contribution in [2.75, 3.05) is 39.5 Å². The molecule has 0 spiro atoms. The monoisotopic (exact) mass is 926 g/mol. The van der Waals surface area contributed by atoms with Crippen molar-refractivity contribution in [3.05, 3.63) is 57.6 Å². The summed E-state index contributed by atoms with van der Waals surface area (Å²) in [6, 6.07) is 3.81. The summed E-state index contributed by atoms with van der Waals surface area (Å²) in [5, 5.41) is 31.8. The lowest BCUT2D eigenvalue weighted by Crippen LogP contribution is -2.58. The third-order valence-electron chi connectivity index (χ3n) is 11.0. The predicted octanol–water partition coefficient (Wildman–Crippen LogP) is 0.752. The van der Waals surface area contributed by atoms with E-state index in [4.69, 9.17) is 16.2 Å². The second-order valence-corrected chi connectivity index (χ2v) is 18.5. The van der Waals surface area contributed by atoms with Crippen molar-refractivity contribution in [3.63, 3.8) is 0 Å². The summed E-state index contributed by atoms with van der Waals surface area (Å²) in [7, 11) is 3.88. The Morgan fingerprint density at radius 2 is 1.69 bits per heavy atom. The van der Waals surface area contributed by atoms with Gasteiger partial charge in [-0.3, -0.25) is 29.0 Å². The van der Waals surface area contributed by atoms with Crippen LogP contribution in [0, 0.1) is 0 Å². The molecule has 3 heterocycles. The molecule has 6 atom stereocenters. The van der Waals surface area contributed by atoms with Crippen molar-refractivity contribution in [2.24, 2.45) is 16.5 Å². The number of unbranched alkanes of at least 4 members (excludes halogenated alkanes) is 2. The van der Waals surface area contributed by atoms with E-state index < -0.39 is 78.2 Å². The zero-order chi connectivity index (χ0) is 46.2. The van der Waals surface area contributed by atoms with E-state index in [9.17, 15) is 39.0 Å². The fourth-order valence-corrected chi connectivity index (χ4v) is 9.80. The molecule has 1 aromatic carbocycles. The minimum Gasteiger partial charge on any atom is -0.445 e. The molecule has 1 unspecified atom stereocenters. The number of alkyl carbamates (subject to hydrolysis) is 1. The maximum absolute atomic E-state index is 14.2. The summed E-state index contributed by atoms with van der Waals surface area (Å²) in [6.07, 6.45) is 5.25. The number of rotatable bonds is 24. The molecule has 0 radical (unpaired) electrons. The standard InChI is InChI=1S/C43H62N10O9S2/c1-52(2)21-9-7-14-30(48-38(57)33-15-10-22-53(33)41(58)31(18-19-35(45)54)51-43(61)62-24-26-11-4-3-5-12-26)37(56)47-29(13-6-8-20-44)36(55)46-27-16-17-28-34(23-27)64-40(49-28)39-50-32(25-63-39)42(59)60/h3-5,11-12,16-17,27,29-33,42,59-60H,6-10,13-15,18-25,44H2,1-2H3,(H2,45,54)(H,46,55)(H,47,56)(H,48,57)(H,51,61)/t27?,29-,30-,31-,32+,33-/m0/s1. The number of aliphatic hydroxyl groups excluding tert-OH is 1. The molecule has 1 aromatic heterocycles. The quantitative estimate of drug-likeness (QED) is 0.0534. The van der Waals surface area contributed by atoms with Crippen LogP contribution in [0.3, 0.4) is 0 Å². The number of nitrogens with zero attached hydrogens (tertiary/aromatic N) is 4. The molecular formula is C43H62N10O9S2. The van der Waals surface area contributed by atoms with Crippen LogP contribution in [0.25, 0.3) is 6.08 Å². The molecule has 1 saturated heterocycles. The molecule has 2 aliphatic heterocycles. The highest BCUT2D eigenvalue weighted by Gasteiger charge is 2.39. The number of likely N-dealkylation sites (tertiary alicyclic amines) is 1. The average molecular weight is 927 g/mol. The summed E-state index contributed by atoms with van der Waals surface area (Å²) in [4.78, 5) is 94.2. The molecule has 2 aromatic rings. The smallest absolute Gasteiger partial charge is 0.408 e. The minimum atomic E-state index is -1.55. The highest BCUT2D eigenvalue weighted by Crippen LogP contribution is 2.32. The van der Waals surface area contributed by atoms with Crippen LogP contribution in [0.5, 0.6) is 0 Å². The van der Waals surface area contributed by atoms with Gasteiger partial charge in [-0.25, -0.2) is 9.78 Å². The lowest BCUT2D eigenvalue weighted by atomic mass is 10.0. The number of nitrogens with one attached hydrogen (secondary N) is 4. The van der Waals surface area contributed by atoms with Gasteiger partial charge in [0.25, 0.3) is 0 Å². The molecule has 350 valence electrons. The topological polar surface area (TPSA) is 284 Å². The van der Waals surface area contributed by atoms with Gasteiger partial charge in [0, 0.05) is 30.0 Å². The second kappa shape index (κ2) is 24.9. The molecule has 0 saturated carbocycles. The van der Waals surface area contributed by atoms with Crippen LogP contribution in [0.4, 0.5) is 4.79 Å². The number of ether oxygens (including phenoxy) is 1. The number of primary amides is 1. The molecule has 6 amide bonds. The van der Waals surface area contributed by atoms with Gasteiger partial charge in [-0.15, -0.1) is 23.1 Å². The van der Waals surface area contributed by atoms with Crippen LogP contribution in [-0.2, 0) is 41.7 Å². The van der Waals surface area contributed by atoms with Crippen LogP contribution in [0.2, 0.25) is 0 Å². The summed E-state index contributed by atoms with van der Waals surface area (Å²) in [5.41, 5.74) is 12.7. The number of benzene rings is 1. The van der Waals surface area contributed by atoms with Crippen LogP contribution in [0.1, 0.15) is 85.4 Å². The first-order valence-electron chi connectivity index (χ1n) is 21.8. The molecule has 21 heteroatoms. The molecule has 3 aliphatic rings. The normalized spacial score (nSPS) is 19.4. The highest BCUT2D eigenvalue weighted by atomic mass is 32.2. The number of amides is 6. The predicted molar refractivity (Wildman–Crippen MR) is 244 cm³/mol. The number of thioether (sulfide) groups is 1. The van der Waals surface area contributed by atoms with Gasteiger partial charge < -0.3 is 57.5 Å². The number of carbonyl (C=O) groups excluding carboxylic acids is 6. The van der Waals surface area contributed by atoms with Crippen LogP contribution >= 0.6 is 23.1 Å². The summed E-state index contributed by atoms with van der Waals surface area (Å²) < 4.78 is 5.33. The van der Waals surface area contributed by atoms with E-state index >= 15 is 0 Å². The highest BCUT2D eigenvalue weighted by molar-refractivity contribution is 8.15. The first kappa shape index (κ1) is 50.1. The molecule has 5 rings (SSSR count). The number of aliphatic hydroxyl groups is 2. The van der Waals surface area contributed by atoms with Crippen molar-refractivity contribution in [2.45, 2.75) is 120 Å². The summed E-state index contributed by atoms with van der Waals surface area (Å²) in [6.45, 7) is 1.31.